The molecule has 0 unspecified atom stereocenters. The number of piperidine rings is 1. The van der Waals surface area contributed by atoms with Crippen molar-refractivity contribution in [2.75, 3.05) is 20.2 Å². The predicted molar refractivity (Wildman–Crippen MR) is 119 cm³/mol. The summed E-state index contributed by atoms with van der Waals surface area (Å²) in [4.78, 5) is 27.8. The van der Waals surface area contributed by atoms with Crippen molar-refractivity contribution in [2.45, 2.75) is 38.3 Å². The Morgan fingerprint density at radius 3 is 2.72 bits per heavy atom. The van der Waals surface area contributed by atoms with E-state index in [1.165, 1.54) is 0 Å². The summed E-state index contributed by atoms with van der Waals surface area (Å²) in [6, 6.07) is 9.33. The highest BCUT2D eigenvalue weighted by Gasteiger charge is 2.43. The second-order valence-electron chi connectivity index (χ2n) is 8.76. The van der Waals surface area contributed by atoms with Gasteiger partial charge in [0.15, 0.2) is 5.72 Å². The summed E-state index contributed by atoms with van der Waals surface area (Å²) in [5, 5.41) is 10.8. The number of amides is 2. The van der Waals surface area contributed by atoms with Gasteiger partial charge in [-0.25, -0.2) is 0 Å². The number of methoxy groups -OCH3 is 1. The molecule has 166 valence electrons. The van der Waals surface area contributed by atoms with Gasteiger partial charge >= 0.3 is 0 Å². The molecule has 2 aliphatic heterocycles. The molecule has 1 fully saturated rings. The first kappa shape index (κ1) is 20.4. The minimum atomic E-state index is -0.786. The van der Waals surface area contributed by atoms with Gasteiger partial charge in [-0.15, -0.1) is 0 Å². The zero-order valence-electron chi connectivity index (χ0n) is 18.4. The van der Waals surface area contributed by atoms with E-state index in [4.69, 9.17) is 9.47 Å². The molecule has 2 amide bonds. The summed E-state index contributed by atoms with van der Waals surface area (Å²) in [6.45, 7) is 5.14. The first-order valence-corrected chi connectivity index (χ1v) is 10.8. The predicted octanol–water partition coefficient (Wildman–Crippen LogP) is 3.45. The maximum absolute atomic E-state index is 13.2. The fourth-order valence-corrected chi connectivity index (χ4v) is 4.48. The molecule has 1 aromatic heterocycles. The standard InChI is InChI=1S/C24H26N4O4/c1-14(2)15-4-5-20-17(10-15)22(29)26-24(32-20)6-8-28(9-7-24)23(30)16-11-19-18(13-25-27-19)21(12-16)31-3/h4-5,10-14H,6-9H2,1-3H3,(H,25,27)(H,26,29). The maximum atomic E-state index is 13.2. The Morgan fingerprint density at radius 1 is 1.22 bits per heavy atom. The summed E-state index contributed by atoms with van der Waals surface area (Å²) < 4.78 is 11.7. The van der Waals surface area contributed by atoms with E-state index in [-0.39, 0.29) is 11.8 Å². The summed E-state index contributed by atoms with van der Waals surface area (Å²) in [5.41, 5.74) is 2.17. The van der Waals surface area contributed by atoms with Gasteiger partial charge in [0.1, 0.15) is 11.5 Å². The average molecular weight is 434 g/mol. The van der Waals surface area contributed by atoms with Crippen molar-refractivity contribution in [3.63, 3.8) is 0 Å². The van der Waals surface area contributed by atoms with E-state index in [2.05, 4.69) is 29.4 Å². The highest BCUT2D eigenvalue weighted by Crippen LogP contribution is 2.35. The quantitative estimate of drug-likeness (QED) is 0.658. The highest BCUT2D eigenvalue weighted by atomic mass is 16.5. The second kappa shape index (κ2) is 7.55. The lowest BCUT2D eigenvalue weighted by atomic mass is 9.94. The van der Waals surface area contributed by atoms with Crippen LogP contribution >= 0.6 is 0 Å². The third-order valence-corrected chi connectivity index (χ3v) is 6.41. The van der Waals surface area contributed by atoms with Gasteiger partial charge in [0.25, 0.3) is 11.8 Å². The molecule has 8 nitrogen and oxygen atoms in total. The van der Waals surface area contributed by atoms with Crippen LogP contribution in [0.2, 0.25) is 0 Å². The van der Waals surface area contributed by atoms with Crippen molar-refractivity contribution in [1.82, 2.24) is 20.4 Å². The van der Waals surface area contributed by atoms with Crippen LogP contribution in [-0.2, 0) is 0 Å². The number of carbonyl (C=O) groups is 2. The normalized spacial score (nSPS) is 17.2. The third kappa shape index (κ3) is 3.36. The Kier molecular flexibility index (Phi) is 4.80. The summed E-state index contributed by atoms with van der Waals surface area (Å²) in [7, 11) is 1.58. The van der Waals surface area contributed by atoms with Crippen LogP contribution < -0.4 is 14.8 Å². The highest BCUT2D eigenvalue weighted by molar-refractivity contribution is 6.00. The smallest absolute Gasteiger partial charge is 0.258 e. The molecule has 2 N–H and O–H groups in total. The molecule has 5 rings (SSSR count). The van der Waals surface area contributed by atoms with Crippen LogP contribution in [-0.4, -0.2) is 52.8 Å². The number of aromatic amines is 1. The Hall–Kier alpha value is -3.55. The molecule has 0 atom stereocenters. The Bertz CT molecular complexity index is 1210. The van der Waals surface area contributed by atoms with Gasteiger partial charge < -0.3 is 19.7 Å². The first-order valence-electron chi connectivity index (χ1n) is 10.8. The average Bonchev–Trinajstić information content (AvgIpc) is 3.27. The molecular weight excluding hydrogens is 408 g/mol. The van der Waals surface area contributed by atoms with Crippen LogP contribution in [0.4, 0.5) is 0 Å². The first-order chi connectivity index (χ1) is 15.4. The molecule has 0 bridgehead atoms. The number of ether oxygens (including phenoxy) is 2. The van der Waals surface area contributed by atoms with Crippen LogP contribution in [0.1, 0.15) is 58.9 Å². The van der Waals surface area contributed by atoms with Crippen molar-refractivity contribution in [1.29, 1.82) is 0 Å². The maximum Gasteiger partial charge on any atom is 0.258 e. The molecule has 0 radical (unpaired) electrons. The molecule has 32 heavy (non-hydrogen) atoms. The Morgan fingerprint density at radius 2 is 2.00 bits per heavy atom. The lowest BCUT2D eigenvalue weighted by Crippen LogP contribution is -2.61. The molecule has 0 aliphatic carbocycles. The number of aromatic nitrogens is 2. The Labute approximate surface area is 185 Å². The van der Waals surface area contributed by atoms with Crippen molar-refractivity contribution in [2.24, 2.45) is 0 Å². The van der Waals surface area contributed by atoms with Gasteiger partial charge in [-0.2, -0.15) is 5.10 Å². The van der Waals surface area contributed by atoms with E-state index in [0.717, 1.165) is 16.5 Å². The van der Waals surface area contributed by atoms with Gasteiger partial charge in [0, 0.05) is 31.5 Å². The van der Waals surface area contributed by atoms with E-state index < -0.39 is 5.72 Å². The molecule has 3 heterocycles. The molecule has 1 spiro atoms. The minimum Gasteiger partial charge on any atom is -0.496 e. The van der Waals surface area contributed by atoms with Crippen molar-refractivity contribution in [3.8, 4) is 11.5 Å². The van der Waals surface area contributed by atoms with Gasteiger partial charge in [0.2, 0.25) is 0 Å². The number of carbonyl (C=O) groups excluding carboxylic acids is 2. The number of benzene rings is 2. The minimum absolute atomic E-state index is 0.0845. The zero-order valence-corrected chi connectivity index (χ0v) is 18.4. The number of rotatable bonds is 3. The zero-order chi connectivity index (χ0) is 22.5. The van der Waals surface area contributed by atoms with E-state index in [1.54, 1.807) is 30.3 Å². The van der Waals surface area contributed by atoms with E-state index in [1.807, 2.05) is 18.2 Å². The summed E-state index contributed by atoms with van der Waals surface area (Å²) in [6.07, 6.45) is 2.71. The third-order valence-electron chi connectivity index (χ3n) is 6.41. The number of nitrogens with one attached hydrogen (secondary N) is 2. The van der Waals surface area contributed by atoms with Crippen molar-refractivity contribution in [3.05, 3.63) is 53.2 Å². The van der Waals surface area contributed by atoms with Gasteiger partial charge in [-0.3, -0.25) is 14.7 Å². The van der Waals surface area contributed by atoms with E-state index in [0.29, 0.717) is 54.5 Å². The fraction of sp³-hybridized carbons (Fsp3) is 0.375. The second-order valence-corrected chi connectivity index (χ2v) is 8.76. The topological polar surface area (TPSA) is 96.5 Å². The number of hydrogen-bond donors (Lipinski definition) is 2. The Balaban J connectivity index is 1.33. The van der Waals surface area contributed by atoms with Gasteiger partial charge in [0.05, 0.1) is 29.8 Å². The van der Waals surface area contributed by atoms with E-state index >= 15 is 0 Å². The van der Waals surface area contributed by atoms with Crippen LogP contribution in [0.15, 0.2) is 36.5 Å². The van der Waals surface area contributed by atoms with Crippen molar-refractivity contribution < 1.29 is 19.1 Å². The number of fused-ring (bicyclic) bond motifs is 2. The SMILES string of the molecule is COc1cc(C(=O)N2CCC3(CC2)NC(=O)c2cc(C(C)C)ccc2O3)cc2[nH]ncc12. The molecule has 1 saturated heterocycles. The van der Waals surface area contributed by atoms with E-state index in [9.17, 15) is 9.59 Å². The molecule has 3 aromatic rings. The van der Waals surface area contributed by atoms with Crippen LogP contribution in [0, 0.1) is 0 Å². The van der Waals surface area contributed by atoms with Crippen LogP contribution in [0.25, 0.3) is 10.9 Å². The molecule has 8 heteroatoms. The molecule has 2 aromatic carbocycles. The van der Waals surface area contributed by atoms with Gasteiger partial charge in [-0.1, -0.05) is 19.9 Å². The number of nitrogens with zero attached hydrogens (tertiary/aromatic N) is 2. The summed E-state index contributed by atoms with van der Waals surface area (Å²) in [5.74, 6) is 1.33. The number of likely N-dealkylation sites (tertiary alicyclic amines) is 1. The van der Waals surface area contributed by atoms with Crippen LogP contribution in [0.3, 0.4) is 0 Å². The number of H-pyrrole nitrogens is 1. The molecule has 2 aliphatic rings. The monoisotopic (exact) mass is 434 g/mol. The molecular formula is C24H26N4O4. The lowest BCUT2D eigenvalue weighted by molar-refractivity contribution is -0.0245. The lowest BCUT2D eigenvalue weighted by Gasteiger charge is -2.44. The van der Waals surface area contributed by atoms with Gasteiger partial charge in [-0.05, 0) is 35.7 Å². The van der Waals surface area contributed by atoms with Crippen molar-refractivity contribution >= 4 is 22.7 Å². The number of hydrogen-bond acceptors (Lipinski definition) is 5. The summed E-state index contributed by atoms with van der Waals surface area (Å²) >= 11 is 0. The van der Waals surface area contributed by atoms with Crippen LogP contribution in [0.5, 0.6) is 11.5 Å². The fourth-order valence-electron chi connectivity index (χ4n) is 4.48. The molecule has 0 saturated carbocycles. The largest absolute Gasteiger partial charge is 0.496 e.